The van der Waals surface area contributed by atoms with E-state index >= 15 is 0 Å². The molecule has 0 aliphatic heterocycles. The number of hydrogen-bond acceptors (Lipinski definition) is 5. The van der Waals surface area contributed by atoms with E-state index in [2.05, 4.69) is 0 Å². The minimum absolute atomic E-state index is 0. The Morgan fingerprint density at radius 2 is 1.38 bits per heavy atom. The third-order valence-electron chi connectivity index (χ3n) is 6.16. The Hall–Kier alpha value is -2.70. The average molecular weight is 354 g/mol. The number of phenolic OH excluding ortho intramolecular Hbond substituents is 2. The Balaban J connectivity index is 0.00000168. The third-order valence-corrected chi connectivity index (χ3v) is 6.16. The summed E-state index contributed by atoms with van der Waals surface area (Å²) in [5.41, 5.74) is 1.89. The Bertz CT molecular complexity index is 949. The van der Waals surface area contributed by atoms with E-state index in [1.807, 2.05) is 0 Å². The van der Waals surface area contributed by atoms with E-state index in [0.717, 1.165) is 0 Å². The molecule has 0 radical (unpaired) electrons. The van der Waals surface area contributed by atoms with E-state index in [1.165, 1.54) is 12.1 Å². The number of fused-ring (bicyclic) bond motifs is 9. The molecule has 0 spiro atoms. The Morgan fingerprint density at radius 3 is 2.04 bits per heavy atom. The minimum Gasteiger partial charge on any atom is -0.507 e. The van der Waals surface area contributed by atoms with E-state index in [1.54, 1.807) is 24.3 Å². The van der Waals surface area contributed by atoms with Crippen LogP contribution >= 0.6 is 0 Å². The predicted octanol–water partition coefficient (Wildman–Crippen LogP) is 1.53. The van der Waals surface area contributed by atoms with Crippen LogP contribution in [0.25, 0.3) is 0 Å². The number of aliphatic hydroxyl groups is 1. The highest BCUT2D eigenvalue weighted by molar-refractivity contribution is 6.07. The topological polar surface area (TPSA) is 126 Å². The number of ketones is 2. The van der Waals surface area contributed by atoms with Crippen LogP contribution < -0.4 is 0 Å². The Morgan fingerprint density at radius 1 is 0.808 bits per heavy atom. The summed E-state index contributed by atoms with van der Waals surface area (Å²) in [6.07, 6.45) is -0.772. The molecule has 2 bridgehead atoms. The molecule has 5 N–H and O–H groups in total. The summed E-state index contributed by atoms with van der Waals surface area (Å²) >= 11 is 0. The lowest BCUT2D eigenvalue weighted by atomic mass is 9.71. The summed E-state index contributed by atoms with van der Waals surface area (Å²) < 4.78 is 0. The second-order valence-electron chi connectivity index (χ2n) is 7.21. The molecule has 0 unspecified atom stereocenters. The highest BCUT2D eigenvalue weighted by Crippen LogP contribution is 2.61. The molecule has 0 aromatic heterocycles. The van der Waals surface area contributed by atoms with Gasteiger partial charge in [0.05, 0.1) is 23.1 Å². The monoisotopic (exact) mass is 354 g/mol. The van der Waals surface area contributed by atoms with Gasteiger partial charge in [-0.2, -0.15) is 0 Å². The Labute approximate surface area is 149 Å². The number of aliphatic hydroxyl groups excluding tert-OH is 1. The number of carbonyl (C=O) groups excluding carboxylic acids is 2. The van der Waals surface area contributed by atoms with Crippen molar-refractivity contribution in [2.75, 3.05) is 0 Å². The van der Waals surface area contributed by atoms with Gasteiger partial charge in [0.2, 0.25) is 0 Å². The smallest absolute Gasteiger partial charge is 0.172 e. The molecule has 5 atom stereocenters. The highest BCUT2D eigenvalue weighted by Gasteiger charge is 2.60. The van der Waals surface area contributed by atoms with Crippen LogP contribution in [0.2, 0.25) is 0 Å². The van der Waals surface area contributed by atoms with Crippen molar-refractivity contribution in [2.24, 2.45) is 11.8 Å². The molecule has 6 nitrogen and oxygen atoms in total. The number of carbonyl (C=O) groups is 2. The van der Waals surface area contributed by atoms with Crippen LogP contribution in [0, 0.1) is 11.8 Å². The van der Waals surface area contributed by atoms with Crippen LogP contribution in [0.5, 0.6) is 11.5 Å². The quantitative estimate of drug-likeness (QED) is 0.661. The summed E-state index contributed by atoms with van der Waals surface area (Å²) in [7, 11) is 0. The molecule has 0 saturated heterocycles. The summed E-state index contributed by atoms with van der Waals surface area (Å²) in [6.45, 7) is 0. The number of rotatable bonds is 0. The second-order valence-corrected chi connectivity index (χ2v) is 7.21. The zero-order chi connectivity index (χ0) is 17.5. The molecule has 0 heterocycles. The van der Waals surface area contributed by atoms with Crippen LogP contribution in [0.3, 0.4) is 0 Å². The normalized spacial score (nSPS) is 30.9. The molecule has 134 valence electrons. The van der Waals surface area contributed by atoms with Gasteiger partial charge < -0.3 is 20.8 Å². The van der Waals surface area contributed by atoms with E-state index in [-0.39, 0.29) is 58.3 Å². The van der Waals surface area contributed by atoms with Crippen LogP contribution in [-0.4, -0.2) is 38.5 Å². The fourth-order valence-corrected chi connectivity index (χ4v) is 5.31. The van der Waals surface area contributed by atoms with E-state index in [0.29, 0.717) is 16.7 Å². The maximum absolute atomic E-state index is 13.0. The molecular weight excluding hydrogens is 336 g/mol. The maximum Gasteiger partial charge on any atom is 0.172 e. The van der Waals surface area contributed by atoms with Gasteiger partial charge in [-0.1, -0.05) is 24.3 Å². The van der Waals surface area contributed by atoms with Gasteiger partial charge in [-0.15, -0.1) is 0 Å². The van der Waals surface area contributed by atoms with Gasteiger partial charge in [0, 0.05) is 12.3 Å². The largest absolute Gasteiger partial charge is 0.507 e. The molecule has 3 aliphatic carbocycles. The fraction of sp³-hybridized carbons (Fsp3) is 0.300. The summed E-state index contributed by atoms with van der Waals surface area (Å²) in [4.78, 5) is 25.6. The first-order valence-corrected chi connectivity index (χ1v) is 8.40. The van der Waals surface area contributed by atoms with Crippen molar-refractivity contribution in [3.05, 3.63) is 58.7 Å². The van der Waals surface area contributed by atoms with Gasteiger partial charge in [0.25, 0.3) is 0 Å². The summed E-state index contributed by atoms with van der Waals surface area (Å²) in [5.74, 6) is -2.24. The first kappa shape index (κ1) is 16.8. The first-order chi connectivity index (χ1) is 12.0. The van der Waals surface area contributed by atoms with Crippen LogP contribution in [0.15, 0.2) is 36.4 Å². The number of aromatic hydroxyl groups is 2. The van der Waals surface area contributed by atoms with E-state index in [4.69, 9.17) is 0 Å². The van der Waals surface area contributed by atoms with Gasteiger partial charge in [0.1, 0.15) is 11.5 Å². The summed E-state index contributed by atoms with van der Waals surface area (Å²) in [6, 6.07) is 9.87. The van der Waals surface area contributed by atoms with Crippen LogP contribution in [0.1, 0.15) is 50.1 Å². The molecule has 6 heteroatoms. The molecule has 3 aliphatic rings. The molecule has 1 saturated carbocycles. The van der Waals surface area contributed by atoms with E-state index in [9.17, 15) is 24.9 Å². The molecule has 26 heavy (non-hydrogen) atoms. The van der Waals surface area contributed by atoms with Gasteiger partial charge in [-0.3, -0.25) is 9.59 Å². The van der Waals surface area contributed by atoms with Crippen molar-refractivity contribution in [3.63, 3.8) is 0 Å². The minimum atomic E-state index is -0.891. The summed E-state index contributed by atoms with van der Waals surface area (Å²) in [5, 5.41) is 31.2. The van der Waals surface area contributed by atoms with Crippen molar-refractivity contribution in [1.82, 2.24) is 0 Å². The third kappa shape index (κ3) is 1.83. The lowest BCUT2D eigenvalue weighted by Gasteiger charge is -2.31. The van der Waals surface area contributed by atoms with Gasteiger partial charge in [-0.05, 0) is 35.1 Å². The second kappa shape index (κ2) is 5.40. The van der Waals surface area contributed by atoms with Crippen molar-refractivity contribution in [1.29, 1.82) is 0 Å². The number of benzene rings is 2. The zero-order valence-corrected chi connectivity index (χ0v) is 13.7. The molecule has 5 rings (SSSR count). The van der Waals surface area contributed by atoms with Gasteiger partial charge >= 0.3 is 0 Å². The van der Waals surface area contributed by atoms with Gasteiger partial charge in [0.15, 0.2) is 11.6 Å². The molecule has 2 aromatic rings. The van der Waals surface area contributed by atoms with Crippen LogP contribution in [0.4, 0.5) is 0 Å². The number of hydrogen-bond donors (Lipinski definition) is 3. The molecule has 1 fully saturated rings. The zero-order valence-electron chi connectivity index (χ0n) is 13.7. The standard InChI is InChI=1S/C20H16O5.H2O/c21-11-5-1-3-8-14-10(7-13(23)15(8)11)18-19(24)16-9(17(14)20(18)25)4-2-6-12(16)22;/h1-6,10,14,17-18,20-22,25H,7H2;1H2/t10-,14+,17+,18+,20-;/m0./s1. The van der Waals surface area contributed by atoms with E-state index < -0.39 is 12.0 Å². The first-order valence-electron chi connectivity index (χ1n) is 8.40. The van der Waals surface area contributed by atoms with Crippen molar-refractivity contribution >= 4 is 11.6 Å². The fourth-order valence-electron chi connectivity index (χ4n) is 5.31. The van der Waals surface area contributed by atoms with Crippen molar-refractivity contribution < 1.29 is 30.4 Å². The number of phenols is 2. The Kier molecular flexibility index (Phi) is 3.48. The predicted molar refractivity (Wildman–Crippen MR) is 91.6 cm³/mol. The molecular formula is C20H18O6. The lowest BCUT2D eigenvalue weighted by Crippen LogP contribution is -2.35. The van der Waals surface area contributed by atoms with Gasteiger partial charge in [-0.25, -0.2) is 0 Å². The molecule has 0 amide bonds. The average Bonchev–Trinajstić information content (AvgIpc) is 2.79. The van der Waals surface area contributed by atoms with Crippen LogP contribution in [-0.2, 0) is 0 Å². The highest BCUT2D eigenvalue weighted by atomic mass is 16.3. The SMILES string of the molecule is O.O=C1C[C@@H]2[C@@H]3C(=O)c4c(O)cccc4[C@@H]([C@@H]3O)[C@@H]2c2cccc(O)c21. The molecule has 2 aromatic carbocycles. The van der Waals surface area contributed by atoms with Crippen molar-refractivity contribution in [2.45, 2.75) is 24.4 Å². The maximum atomic E-state index is 13.0. The lowest BCUT2D eigenvalue weighted by molar-refractivity contribution is 0.0610. The number of Topliss-reactive ketones (excluding diaryl/α,β-unsaturated/α-hetero) is 2. The van der Waals surface area contributed by atoms with Crippen molar-refractivity contribution in [3.8, 4) is 11.5 Å².